The third kappa shape index (κ3) is 2.74. The Morgan fingerprint density at radius 3 is 2.00 bits per heavy atom. The Hall–Kier alpha value is -2.75. The lowest BCUT2D eigenvalue weighted by atomic mass is 10.0. The van der Waals surface area contributed by atoms with E-state index in [-0.39, 0.29) is 0 Å². The molecule has 0 aliphatic heterocycles. The van der Waals surface area contributed by atoms with E-state index in [0.29, 0.717) is 11.1 Å². The highest BCUT2D eigenvalue weighted by atomic mass is 32.2. The zero-order valence-electron chi connectivity index (χ0n) is 11.1. The molecule has 0 radical (unpaired) electrons. The van der Waals surface area contributed by atoms with Gasteiger partial charge < -0.3 is 0 Å². The highest BCUT2D eigenvalue weighted by Gasteiger charge is 2.05. The van der Waals surface area contributed by atoms with Crippen molar-refractivity contribution < 1.29 is 0 Å². The van der Waals surface area contributed by atoms with E-state index in [0.717, 1.165) is 15.7 Å². The maximum atomic E-state index is 9.11. The molecule has 98 valence electrons. The topological polar surface area (TPSA) is 47.6 Å². The van der Waals surface area contributed by atoms with Gasteiger partial charge >= 0.3 is 0 Å². The lowest BCUT2D eigenvalue weighted by Crippen LogP contribution is -1.85. The van der Waals surface area contributed by atoms with Crippen molar-refractivity contribution >= 4 is 22.5 Å². The van der Waals surface area contributed by atoms with Gasteiger partial charge in [-0.15, -0.1) is 0 Å². The molecule has 0 unspecified atom stereocenters. The van der Waals surface area contributed by atoms with Gasteiger partial charge in [0, 0.05) is 9.79 Å². The fourth-order valence-corrected chi connectivity index (χ4v) is 3.04. The highest BCUT2D eigenvalue weighted by molar-refractivity contribution is 7.99. The summed E-state index contributed by atoms with van der Waals surface area (Å²) in [6.07, 6.45) is 0. The van der Waals surface area contributed by atoms with Gasteiger partial charge in [-0.05, 0) is 47.2 Å². The third-order valence-electron chi connectivity index (χ3n) is 3.17. The van der Waals surface area contributed by atoms with Gasteiger partial charge in [0.05, 0.1) is 11.1 Å². The Bertz CT molecular complexity index is 887. The van der Waals surface area contributed by atoms with Crippen LogP contribution in [0.25, 0.3) is 10.8 Å². The molecule has 3 heteroatoms. The summed E-state index contributed by atoms with van der Waals surface area (Å²) >= 11 is 1.68. The van der Waals surface area contributed by atoms with Crippen LogP contribution in [0.15, 0.2) is 70.5 Å². The van der Waals surface area contributed by atoms with Crippen LogP contribution in [0, 0.1) is 22.7 Å². The molecule has 2 nitrogen and oxygen atoms in total. The SMILES string of the molecule is N#Cc1cc2ccc(Sc3ccccc3)cc2cc1C#N. The summed E-state index contributed by atoms with van der Waals surface area (Å²) in [5.74, 6) is 0. The molecule has 0 atom stereocenters. The second-order valence-electron chi connectivity index (χ2n) is 4.55. The molecule has 0 bridgehead atoms. The lowest BCUT2D eigenvalue weighted by Gasteiger charge is -2.05. The molecule has 0 saturated carbocycles. The van der Waals surface area contributed by atoms with Crippen LogP contribution in [0.2, 0.25) is 0 Å². The second-order valence-corrected chi connectivity index (χ2v) is 5.69. The van der Waals surface area contributed by atoms with E-state index >= 15 is 0 Å². The average molecular weight is 286 g/mol. The van der Waals surface area contributed by atoms with Crippen LogP contribution in [0.5, 0.6) is 0 Å². The Kier molecular flexibility index (Phi) is 3.60. The fraction of sp³-hybridized carbons (Fsp3) is 0. The van der Waals surface area contributed by atoms with Gasteiger partial charge in [0.2, 0.25) is 0 Å². The van der Waals surface area contributed by atoms with Crippen LogP contribution < -0.4 is 0 Å². The minimum atomic E-state index is 0.423. The van der Waals surface area contributed by atoms with Gasteiger partial charge in [-0.2, -0.15) is 10.5 Å². The van der Waals surface area contributed by atoms with Crippen LogP contribution in [0.4, 0.5) is 0 Å². The summed E-state index contributed by atoms with van der Waals surface area (Å²) in [4.78, 5) is 2.29. The molecule has 21 heavy (non-hydrogen) atoms. The maximum Gasteiger partial charge on any atom is 0.101 e. The fourth-order valence-electron chi connectivity index (χ4n) is 2.15. The van der Waals surface area contributed by atoms with E-state index in [2.05, 4.69) is 30.3 Å². The van der Waals surface area contributed by atoms with Gasteiger partial charge in [0.15, 0.2) is 0 Å². The van der Waals surface area contributed by atoms with Crippen LogP contribution in [-0.2, 0) is 0 Å². The van der Waals surface area contributed by atoms with Crippen molar-refractivity contribution in [2.75, 3.05) is 0 Å². The summed E-state index contributed by atoms with van der Waals surface area (Å²) in [5, 5.41) is 20.1. The minimum Gasteiger partial charge on any atom is -0.192 e. The van der Waals surface area contributed by atoms with Gasteiger partial charge in [-0.1, -0.05) is 36.0 Å². The first-order valence-electron chi connectivity index (χ1n) is 6.41. The Morgan fingerprint density at radius 1 is 0.667 bits per heavy atom. The number of hydrogen-bond donors (Lipinski definition) is 0. The summed E-state index contributed by atoms with van der Waals surface area (Å²) in [6, 6.07) is 23.9. The summed E-state index contributed by atoms with van der Waals surface area (Å²) in [7, 11) is 0. The Balaban J connectivity index is 2.04. The number of rotatable bonds is 2. The van der Waals surface area contributed by atoms with E-state index in [9.17, 15) is 0 Å². The number of hydrogen-bond acceptors (Lipinski definition) is 3. The van der Waals surface area contributed by atoms with Gasteiger partial charge in [-0.25, -0.2) is 0 Å². The van der Waals surface area contributed by atoms with Gasteiger partial charge in [0.1, 0.15) is 12.1 Å². The van der Waals surface area contributed by atoms with Crippen molar-refractivity contribution in [3.8, 4) is 12.1 Å². The molecular weight excluding hydrogens is 276 g/mol. The number of benzene rings is 3. The van der Waals surface area contributed by atoms with E-state index in [1.807, 2.05) is 30.3 Å². The van der Waals surface area contributed by atoms with Crippen molar-refractivity contribution in [2.24, 2.45) is 0 Å². The molecule has 0 fully saturated rings. The second kappa shape index (κ2) is 5.71. The van der Waals surface area contributed by atoms with Gasteiger partial charge in [0.25, 0.3) is 0 Å². The molecule has 3 aromatic carbocycles. The first-order valence-corrected chi connectivity index (χ1v) is 7.23. The quantitative estimate of drug-likeness (QED) is 0.684. The average Bonchev–Trinajstić information content (AvgIpc) is 2.54. The zero-order chi connectivity index (χ0) is 14.7. The molecule has 0 N–H and O–H groups in total. The first-order chi connectivity index (χ1) is 10.3. The highest BCUT2D eigenvalue weighted by Crippen LogP contribution is 2.30. The molecule has 0 aliphatic rings. The molecular formula is C18H10N2S. The predicted octanol–water partition coefficient (Wildman–Crippen LogP) is 4.73. The third-order valence-corrected chi connectivity index (χ3v) is 4.17. The van der Waals surface area contributed by atoms with Gasteiger partial charge in [-0.3, -0.25) is 0 Å². The van der Waals surface area contributed by atoms with Crippen LogP contribution in [-0.4, -0.2) is 0 Å². The Morgan fingerprint density at radius 2 is 1.33 bits per heavy atom. The number of fused-ring (bicyclic) bond motifs is 1. The molecule has 3 aromatic rings. The molecule has 0 saturated heterocycles. The normalized spacial score (nSPS) is 10.0. The lowest BCUT2D eigenvalue weighted by molar-refractivity contribution is 1.41. The van der Waals surface area contributed by atoms with Crippen LogP contribution >= 0.6 is 11.8 Å². The van der Waals surface area contributed by atoms with Crippen molar-refractivity contribution in [1.82, 2.24) is 0 Å². The van der Waals surface area contributed by atoms with Crippen molar-refractivity contribution in [1.29, 1.82) is 10.5 Å². The molecule has 0 aliphatic carbocycles. The van der Waals surface area contributed by atoms with E-state index in [1.54, 1.807) is 23.9 Å². The molecule has 0 aromatic heterocycles. The summed E-state index contributed by atoms with van der Waals surface area (Å²) < 4.78 is 0. The van der Waals surface area contributed by atoms with E-state index in [1.165, 1.54) is 4.90 Å². The number of nitrogens with zero attached hydrogens (tertiary/aromatic N) is 2. The monoisotopic (exact) mass is 286 g/mol. The molecule has 0 amide bonds. The van der Waals surface area contributed by atoms with Crippen LogP contribution in [0.3, 0.4) is 0 Å². The Labute approximate surface area is 127 Å². The zero-order valence-corrected chi connectivity index (χ0v) is 11.9. The van der Waals surface area contributed by atoms with Crippen molar-refractivity contribution in [3.63, 3.8) is 0 Å². The van der Waals surface area contributed by atoms with Crippen LogP contribution in [0.1, 0.15) is 11.1 Å². The smallest absolute Gasteiger partial charge is 0.101 e. The largest absolute Gasteiger partial charge is 0.192 e. The summed E-state index contributed by atoms with van der Waals surface area (Å²) in [5.41, 5.74) is 0.848. The minimum absolute atomic E-state index is 0.423. The molecule has 0 spiro atoms. The van der Waals surface area contributed by atoms with Crippen molar-refractivity contribution in [3.05, 3.63) is 71.8 Å². The van der Waals surface area contributed by atoms with E-state index in [4.69, 9.17) is 10.5 Å². The molecule has 3 rings (SSSR count). The van der Waals surface area contributed by atoms with E-state index < -0.39 is 0 Å². The predicted molar refractivity (Wildman–Crippen MR) is 83.9 cm³/mol. The first kappa shape index (κ1) is 13.2. The number of nitriles is 2. The molecule has 0 heterocycles. The standard InChI is InChI=1S/C18H10N2S/c19-11-15-8-13-6-7-18(10-14(13)9-16(15)12-20)21-17-4-2-1-3-5-17/h1-10H. The maximum absolute atomic E-state index is 9.11. The van der Waals surface area contributed by atoms with Crippen molar-refractivity contribution in [2.45, 2.75) is 9.79 Å². The summed E-state index contributed by atoms with van der Waals surface area (Å²) in [6.45, 7) is 0.